The van der Waals surface area contributed by atoms with Crippen LogP contribution in [-0.2, 0) is 43.3 Å². The Balaban J connectivity index is 0.000000143. The fourth-order valence-electron chi connectivity index (χ4n) is 23.1. The molecule has 4 aliphatic carbocycles. The second kappa shape index (κ2) is 27.2. The molecule has 0 aromatic heterocycles. The highest BCUT2D eigenvalue weighted by Gasteiger charge is 2.49. The number of benzene rings is 16. The Kier molecular flexibility index (Phi) is 17.0. The number of rotatable bonds is 7. The normalized spacial score (nSPS) is 17.1. The van der Waals surface area contributed by atoms with Crippen LogP contribution in [0.15, 0.2) is 355 Å². The van der Waals surface area contributed by atoms with Crippen molar-refractivity contribution >= 4 is 91.9 Å². The lowest BCUT2D eigenvalue weighted by molar-refractivity contribution is 0.604. The molecule has 24 rings (SSSR count). The molecule has 0 bridgehead atoms. The number of fused-ring (bicyclic) bond motifs is 25. The van der Waals surface area contributed by atoms with E-state index >= 15 is 0 Å². The first-order valence-electron chi connectivity index (χ1n) is 44.2. The van der Waals surface area contributed by atoms with E-state index in [0.29, 0.717) is 0 Å². The quantitative estimate of drug-likeness (QED) is 0.156. The maximum Gasteiger partial charge on any atom is 0.0540 e. The van der Waals surface area contributed by atoms with E-state index in [9.17, 15) is 0 Å². The molecule has 124 heavy (non-hydrogen) atoms. The van der Waals surface area contributed by atoms with E-state index in [0.717, 1.165) is 5.69 Å². The zero-order valence-corrected chi connectivity index (χ0v) is 76.8. The fraction of sp³-hybridized carbons (Fsp3) is 0.203. The third-order valence-corrected chi connectivity index (χ3v) is 35.0. The van der Waals surface area contributed by atoms with Gasteiger partial charge in [0.2, 0.25) is 0 Å². The molecular formula is C118H100N2S4. The molecule has 0 saturated carbocycles. The Hall–Kier alpha value is -11.2. The molecule has 2 nitrogen and oxygen atoms in total. The molecule has 0 atom stereocenters. The van der Waals surface area contributed by atoms with Crippen LogP contribution in [0.3, 0.4) is 0 Å². The first kappa shape index (κ1) is 77.6. The second-order valence-electron chi connectivity index (χ2n) is 39.9. The summed E-state index contributed by atoms with van der Waals surface area (Å²) in [5, 5.41) is 2.49. The van der Waals surface area contributed by atoms with Gasteiger partial charge in [-0.3, -0.25) is 0 Å². The summed E-state index contributed by atoms with van der Waals surface area (Å²) in [4.78, 5) is 16.2. The molecular weight excluding hydrogens is 1570 g/mol. The molecule has 0 N–H and O–H groups in total. The fourth-order valence-corrected chi connectivity index (χ4v) is 29.3. The lowest BCUT2D eigenvalue weighted by Crippen LogP contribution is -2.24. The maximum atomic E-state index is 2.54. The molecule has 16 aromatic rings. The standard InChI is InChI=1S/C60H51NS2.C58H49NS2/c1-57(2)43-18-12-14-20-51(43)62-55-47(57)32-30-45-53(55)41-28-26-39(34-49(41)59(45,5)6)61(38-24-22-37(23-25-38)36-16-10-9-11-17-36)40-27-29-42-50(35-40)60(7,8)46-31-33-48-56(54(42)46)63-52-21-15-13-19-44(52)58(48,3)4;1-55(2)40-19-11-13-22-49(40)60-53-44(55)30-28-42-51(53)38-26-24-35(32-46(38)57(42,5)6)59(48-21-15-17-34-16-9-10-18-37(34)48)36-25-27-39-47(33-36)58(7,8)43-29-31-45-54(52(39)43)61-50-23-14-12-20-41(50)56(45,3)4/h9-35H,1-8H3;9-33H,1-8H3. The van der Waals surface area contributed by atoms with E-state index < -0.39 is 0 Å². The van der Waals surface area contributed by atoms with Crippen molar-refractivity contribution in [3.05, 3.63) is 404 Å². The van der Waals surface area contributed by atoms with E-state index in [-0.39, 0.29) is 43.3 Å². The minimum atomic E-state index is -0.176. The molecule has 606 valence electrons. The summed E-state index contributed by atoms with van der Waals surface area (Å²) in [5.74, 6) is 0. The number of hydrogen-bond acceptors (Lipinski definition) is 6. The summed E-state index contributed by atoms with van der Waals surface area (Å²) >= 11 is 7.83. The van der Waals surface area contributed by atoms with Crippen molar-refractivity contribution in [1.82, 2.24) is 0 Å². The Morgan fingerprint density at radius 2 is 0.444 bits per heavy atom. The van der Waals surface area contributed by atoms with Gasteiger partial charge in [-0.1, -0.05) is 382 Å². The predicted octanol–water partition coefficient (Wildman–Crippen LogP) is 33.5. The third kappa shape index (κ3) is 11.0. The van der Waals surface area contributed by atoms with Crippen molar-refractivity contribution in [3.63, 3.8) is 0 Å². The number of nitrogens with zero attached hydrogens (tertiary/aromatic N) is 2. The molecule has 0 saturated heterocycles. The monoisotopic (exact) mass is 1670 g/mol. The molecule has 0 unspecified atom stereocenters. The number of anilines is 6. The van der Waals surface area contributed by atoms with Gasteiger partial charge in [-0.2, -0.15) is 0 Å². The molecule has 6 heteroatoms. The Morgan fingerprint density at radius 3 is 0.782 bits per heavy atom. The maximum absolute atomic E-state index is 2.54. The first-order valence-corrected chi connectivity index (χ1v) is 47.4. The highest BCUT2D eigenvalue weighted by atomic mass is 32.2. The van der Waals surface area contributed by atoms with Crippen LogP contribution in [0.2, 0.25) is 0 Å². The predicted molar refractivity (Wildman–Crippen MR) is 526 cm³/mol. The summed E-state index contributed by atoms with van der Waals surface area (Å²) < 4.78 is 0. The molecule has 16 aromatic carbocycles. The van der Waals surface area contributed by atoms with Gasteiger partial charge in [0, 0.05) is 139 Å². The lowest BCUT2D eigenvalue weighted by atomic mass is 9.75. The van der Waals surface area contributed by atoms with Crippen LogP contribution >= 0.6 is 47.0 Å². The van der Waals surface area contributed by atoms with Crippen LogP contribution in [0.5, 0.6) is 0 Å². The van der Waals surface area contributed by atoms with Gasteiger partial charge in [-0.05, 0) is 219 Å². The third-order valence-electron chi connectivity index (χ3n) is 30.2. The summed E-state index contributed by atoms with van der Waals surface area (Å²) in [6.07, 6.45) is 0. The largest absolute Gasteiger partial charge is 0.310 e. The van der Waals surface area contributed by atoms with E-state index in [2.05, 4.69) is 436 Å². The summed E-state index contributed by atoms with van der Waals surface area (Å²) in [6.45, 7) is 38.6. The van der Waals surface area contributed by atoms with Gasteiger partial charge in [0.05, 0.1) is 5.69 Å². The van der Waals surface area contributed by atoms with E-state index in [1.54, 1.807) is 0 Å². The Morgan fingerprint density at radius 1 is 0.185 bits per heavy atom. The van der Waals surface area contributed by atoms with Crippen LogP contribution in [0.1, 0.15) is 200 Å². The van der Waals surface area contributed by atoms with Crippen LogP contribution in [0.25, 0.3) is 66.4 Å². The van der Waals surface area contributed by atoms with Crippen molar-refractivity contribution in [2.75, 3.05) is 9.80 Å². The van der Waals surface area contributed by atoms with Crippen LogP contribution in [-0.4, -0.2) is 0 Å². The zero-order valence-electron chi connectivity index (χ0n) is 73.5. The molecule has 0 spiro atoms. The summed E-state index contributed by atoms with van der Waals surface area (Å²) in [7, 11) is 0. The molecule has 0 fully saturated rings. The smallest absolute Gasteiger partial charge is 0.0540 e. The van der Waals surface area contributed by atoms with Crippen molar-refractivity contribution < 1.29 is 0 Å². The highest BCUT2D eigenvalue weighted by molar-refractivity contribution is 8.00. The lowest BCUT2D eigenvalue weighted by Gasteiger charge is -2.36. The first-order chi connectivity index (χ1) is 59.5. The number of hydrogen-bond donors (Lipinski definition) is 0. The molecule has 0 amide bonds. The zero-order chi connectivity index (χ0) is 85.0. The minimum Gasteiger partial charge on any atom is -0.310 e. The van der Waals surface area contributed by atoms with Gasteiger partial charge in [-0.25, -0.2) is 0 Å². The molecule has 8 aliphatic rings. The van der Waals surface area contributed by atoms with Crippen LogP contribution in [0, 0.1) is 0 Å². The second-order valence-corrected chi connectivity index (χ2v) is 44.1. The average molecular weight is 1670 g/mol. The molecule has 4 aliphatic heterocycles. The van der Waals surface area contributed by atoms with E-state index in [1.165, 1.54) is 223 Å². The highest BCUT2D eigenvalue weighted by Crippen LogP contribution is 2.66. The SMILES string of the molecule is CC1(C)c2ccccc2Sc2c1ccc1c2-c2ccc(N(c3ccc(-c4ccccc4)cc3)c3ccc4c(c3)C(C)(C)c3ccc5c(c3-4)Sc3ccccc3C5(C)C)cc2C1(C)C.CC1(C)c2ccccc2Sc2c1ccc1c2-c2ccc(N(c3ccc4c(c3)C(C)(C)c3ccc5c(c3-4)Sc3ccccc3C5(C)C)c3cccc4ccccc34)cc2C1(C)C. The van der Waals surface area contributed by atoms with Crippen molar-refractivity contribution in [2.45, 2.75) is 193 Å². The van der Waals surface area contributed by atoms with Crippen molar-refractivity contribution in [3.8, 4) is 55.6 Å². The molecule has 4 heterocycles. The van der Waals surface area contributed by atoms with E-state index in [1.807, 2.05) is 47.0 Å². The van der Waals surface area contributed by atoms with E-state index in [4.69, 9.17) is 0 Å². The topological polar surface area (TPSA) is 6.48 Å². The minimum absolute atomic E-state index is 0.0795. The van der Waals surface area contributed by atoms with Crippen molar-refractivity contribution in [1.29, 1.82) is 0 Å². The van der Waals surface area contributed by atoms with Crippen LogP contribution in [0.4, 0.5) is 34.1 Å². The summed E-state index contributed by atoms with van der Waals surface area (Å²) in [5.41, 5.74) is 42.1. The van der Waals surface area contributed by atoms with Gasteiger partial charge in [0.1, 0.15) is 0 Å². The Bertz CT molecular complexity index is 6950. The van der Waals surface area contributed by atoms with Gasteiger partial charge in [0.25, 0.3) is 0 Å². The molecule has 0 radical (unpaired) electrons. The van der Waals surface area contributed by atoms with Gasteiger partial charge < -0.3 is 9.80 Å². The van der Waals surface area contributed by atoms with Gasteiger partial charge >= 0.3 is 0 Å². The van der Waals surface area contributed by atoms with Crippen molar-refractivity contribution in [2.24, 2.45) is 0 Å². The Labute approximate surface area is 749 Å². The van der Waals surface area contributed by atoms with Gasteiger partial charge in [0.15, 0.2) is 0 Å². The van der Waals surface area contributed by atoms with Gasteiger partial charge in [-0.15, -0.1) is 0 Å². The van der Waals surface area contributed by atoms with Crippen LogP contribution < -0.4 is 9.80 Å². The average Bonchev–Trinajstić information content (AvgIpc) is 1.54. The summed E-state index contributed by atoms with van der Waals surface area (Å²) in [6, 6.07) is 120.